The second kappa shape index (κ2) is 6.73. The van der Waals surface area contributed by atoms with Crippen molar-refractivity contribution in [2.45, 2.75) is 19.4 Å². The third-order valence-electron chi connectivity index (χ3n) is 5.43. The van der Waals surface area contributed by atoms with Gasteiger partial charge in [-0.2, -0.15) is 0 Å². The summed E-state index contributed by atoms with van der Waals surface area (Å²) < 4.78 is 13.3. The summed E-state index contributed by atoms with van der Waals surface area (Å²) in [6.45, 7) is 3.92. The second-order valence-corrected chi connectivity index (χ2v) is 8.01. The maximum Gasteiger partial charge on any atom is 0.257 e. The van der Waals surface area contributed by atoms with E-state index in [1.165, 1.54) is 18.5 Å². The highest BCUT2D eigenvalue weighted by Gasteiger charge is 2.35. The van der Waals surface area contributed by atoms with Crippen molar-refractivity contribution < 1.29 is 14.0 Å². The molecule has 0 bridgehead atoms. The number of carbonyl (C=O) groups excluding carboxylic acids is 2. The Bertz CT molecular complexity index is 1380. The van der Waals surface area contributed by atoms with Gasteiger partial charge in [0.15, 0.2) is 0 Å². The SMILES string of the molecule is CC1(C)NC(=O)c2ccc(-c3c[nH]c4ncc(C(=O)Nc5cncc(F)c5)cc34)cc21. The van der Waals surface area contributed by atoms with E-state index in [0.717, 1.165) is 28.3 Å². The van der Waals surface area contributed by atoms with E-state index < -0.39 is 17.3 Å². The Balaban J connectivity index is 1.53. The number of amides is 2. The van der Waals surface area contributed by atoms with Crippen LogP contribution in [0.3, 0.4) is 0 Å². The molecule has 8 heteroatoms. The highest BCUT2D eigenvalue weighted by atomic mass is 19.1. The number of pyridine rings is 2. The van der Waals surface area contributed by atoms with Gasteiger partial charge in [0, 0.05) is 35.0 Å². The predicted molar refractivity (Wildman–Crippen MR) is 114 cm³/mol. The number of aromatic nitrogens is 3. The van der Waals surface area contributed by atoms with E-state index in [9.17, 15) is 14.0 Å². The molecule has 3 N–H and O–H groups in total. The minimum Gasteiger partial charge on any atom is -0.346 e. The van der Waals surface area contributed by atoms with Crippen molar-refractivity contribution in [1.29, 1.82) is 0 Å². The monoisotopic (exact) mass is 415 g/mol. The van der Waals surface area contributed by atoms with Crippen LogP contribution in [0.25, 0.3) is 22.2 Å². The largest absolute Gasteiger partial charge is 0.346 e. The lowest BCUT2D eigenvalue weighted by molar-refractivity contribution is 0.0939. The first kappa shape index (κ1) is 18.9. The molecular weight excluding hydrogens is 397 g/mol. The molecular formula is C23H18FN5O2. The second-order valence-electron chi connectivity index (χ2n) is 8.01. The number of rotatable bonds is 3. The maximum atomic E-state index is 13.3. The Morgan fingerprint density at radius 3 is 2.74 bits per heavy atom. The zero-order valence-electron chi connectivity index (χ0n) is 16.8. The number of benzene rings is 1. The molecule has 0 atom stereocenters. The summed E-state index contributed by atoms with van der Waals surface area (Å²) in [6.07, 6.45) is 5.72. The standard InChI is InChI=1S/C23H18FN5O2/c1-23(2)19-6-12(3-4-16(19)22(31)29-23)18-11-27-20-17(18)5-13(8-26-20)21(30)28-15-7-14(24)9-25-10-15/h3-11H,1-2H3,(H,26,27)(H,28,30)(H,29,31). The van der Waals surface area contributed by atoms with Crippen molar-refractivity contribution >= 4 is 28.5 Å². The Hall–Kier alpha value is -4.07. The predicted octanol–water partition coefficient (Wildman–Crippen LogP) is 3.99. The van der Waals surface area contributed by atoms with Gasteiger partial charge in [0.2, 0.25) is 0 Å². The summed E-state index contributed by atoms with van der Waals surface area (Å²) >= 11 is 0. The zero-order chi connectivity index (χ0) is 21.8. The normalized spacial score (nSPS) is 14.4. The average molecular weight is 415 g/mol. The Morgan fingerprint density at radius 2 is 1.94 bits per heavy atom. The molecule has 1 aliphatic rings. The number of fused-ring (bicyclic) bond motifs is 2. The van der Waals surface area contributed by atoms with Gasteiger partial charge < -0.3 is 15.6 Å². The molecule has 0 radical (unpaired) electrons. The Kier molecular flexibility index (Phi) is 4.11. The van der Waals surface area contributed by atoms with Crippen molar-refractivity contribution in [3.63, 3.8) is 0 Å². The maximum absolute atomic E-state index is 13.3. The van der Waals surface area contributed by atoms with E-state index in [1.54, 1.807) is 6.07 Å². The van der Waals surface area contributed by atoms with Crippen LogP contribution < -0.4 is 10.6 Å². The number of hydrogen-bond donors (Lipinski definition) is 3. The number of hydrogen-bond acceptors (Lipinski definition) is 4. The van der Waals surface area contributed by atoms with Crippen molar-refractivity contribution in [3.8, 4) is 11.1 Å². The van der Waals surface area contributed by atoms with Crippen molar-refractivity contribution in [1.82, 2.24) is 20.3 Å². The summed E-state index contributed by atoms with van der Waals surface area (Å²) in [5, 5.41) is 6.37. The zero-order valence-corrected chi connectivity index (χ0v) is 16.8. The van der Waals surface area contributed by atoms with Crippen LogP contribution in [0.4, 0.5) is 10.1 Å². The summed E-state index contributed by atoms with van der Waals surface area (Å²) in [7, 11) is 0. The van der Waals surface area contributed by atoms with E-state index in [0.29, 0.717) is 16.8 Å². The first-order chi connectivity index (χ1) is 14.8. The van der Waals surface area contributed by atoms with Gasteiger partial charge >= 0.3 is 0 Å². The molecule has 5 rings (SSSR count). The number of carbonyl (C=O) groups is 2. The van der Waals surface area contributed by atoms with Crippen LogP contribution >= 0.6 is 0 Å². The number of aromatic amines is 1. The summed E-state index contributed by atoms with van der Waals surface area (Å²) in [5.41, 5.74) is 4.11. The topological polar surface area (TPSA) is 99.8 Å². The number of halogens is 1. The van der Waals surface area contributed by atoms with E-state index >= 15 is 0 Å². The van der Waals surface area contributed by atoms with E-state index in [2.05, 4.69) is 25.6 Å². The molecule has 1 aliphatic heterocycles. The molecule has 4 heterocycles. The quantitative estimate of drug-likeness (QED) is 0.471. The fourth-order valence-corrected chi connectivity index (χ4v) is 3.90. The molecule has 0 spiro atoms. The summed E-state index contributed by atoms with van der Waals surface area (Å²) in [4.78, 5) is 36.0. The van der Waals surface area contributed by atoms with Crippen molar-refractivity contribution in [2.75, 3.05) is 5.32 Å². The minimum atomic E-state index is -0.535. The molecule has 154 valence electrons. The lowest BCUT2D eigenvalue weighted by atomic mass is 9.91. The lowest BCUT2D eigenvalue weighted by Crippen LogP contribution is -2.32. The average Bonchev–Trinajstić information content (AvgIpc) is 3.25. The first-order valence-electron chi connectivity index (χ1n) is 9.68. The Morgan fingerprint density at radius 1 is 1.10 bits per heavy atom. The van der Waals surface area contributed by atoms with Crippen LogP contribution in [-0.2, 0) is 5.54 Å². The molecule has 0 unspecified atom stereocenters. The van der Waals surface area contributed by atoms with Gasteiger partial charge in [0.25, 0.3) is 11.8 Å². The van der Waals surface area contributed by atoms with Crippen LogP contribution in [-0.4, -0.2) is 26.8 Å². The van der Waals surface area contributed by atoms with Crippen molar-refractivity contribution in [3.05, 3.63) is 77.6 Å². The number of nitrogens with one attached hydrogen (secondary N) is 3. The molecule has 0 saturated heterocycles. The minimum absolute atomic E-state index is 0.0852. The number of H-pyrrole nitrogens is 1. The lowest BCUT2D eigenvalue weighted by Gasteiger charge is -2.19. The third-order valence-corrected chi connectivity index (χ3v) is 5.43. The molecule has 1 aromatic carbocycles. The summed E-state index contributed by atoms with van der Waals surface area (Å²) in [6, 6.07) is 8.61. The van der Waals surface area contributed by atoms with E-state index in [4.69, 9.17) is 0 Å². The van der Waals surface area contributed by atoms with Gasteiger partial charge in [0.1, 0.15) is 11.5 Å². The fraction of sp³-hybridized carbons (Fsp3) is 0.130. The van der Waals surface area contributed by atoms with Gasteiger partial charge in [-0.25, -0.2) is 9.37 Å². The van der Waals surface area contributed by atoms with Crippen LogP contribution in [0, 0.1) is 5.82 Å². The molecule has 2 amide bonds. The summed E-state index contributed by atoms with van der Waals surface area (Å²) in [5.74, 6) is -1.04. The molecule has 0 saturated carbocycles. The van der Waals surface area contributed by atoms with E-state index in [1.807, 2.05) is 38.2 Å². The van der Waals surface area contributed by atoms with Gasteiger partial charge in [-0.15, -0.1) is 0 Å². The number of anilines is 1. The van der Waals surface area contributed by atoms with Crippen LogP contribution in [0.5, 0.6) is 0 Å². The molecule has 0 fully saturated rings. The van der Waals surface area contributed by atoms with E-state index in [-0.39, 0.29) is 11.6 Å². The smallest absolute Gasteiger partial charge is 0.257 e. The van der Waals surface area contributed by atoms with Crippen molar-refractivity contribution in [2.24, 2.45) is 0 Å². The molecule has 31 heavy (non-hydrogen) atoms. The fourth-order valence-electron chi connectivity index (χ4n) is 3.90. The van der Waals surface area contributed by atoms with Gasteiger partial charge in [0.05, 0.1) is 29.2 Å². The molecule has 3 aromatic heterocycles. The van der Waals surface area contributed by atoms with Gasteiger partial charge in [-0.05, 0) is 43.2 Å². The Labute approximate surface area is 176 Å². The molecule has 0 aliphatic carbocycles. The van der Waals surface area contributed by atoms with Crippen LogP contribution in [0.1, 0.15) is 40.1 Å². The molecule has 4 aromatic rings. The van der Waals surface area contributed by atoms with Gasteiger partial charge in [-0.1, -0.05) is 6.07 Å². The highest BCUT2D eigenvalue weighted by molar-refractivity contribution is 6.07. The number of nitrogens with zero attached hydrogens (tertiary/aromatic N) is 2. The van der Waals surface area contributed by atoms with Gasteiger partial charge in [-0.3, -0.25) is 14.6 Å². The molecule has 7 nitrogen and oxygen atoms in total. The van der Waals surface area contributed by atoms with Crippen LogP contribution in [0.15, 0.2) is 55.1 Å². The highest BCUT2D eigenvalue weighted by Crippen LogP contribution is 2.36. The first-order valence-corrected chi connectivity index (χ1v) is 9.68. The third kappa shape index (κ3) is 3.22. The van der Waals surface area contributed by atoms with Crippen LogP contribution in [0.2, 0.25) is 0 Å².